The number of nitrogens with one attached hydrogen (secondary N) is 3. The molecule has 0 bridgehead atoms. The molecule has 2 aromatic rings. The Kier molecular flexibility index (Phi) is 3.82. The van der Waals surface area contributed by atoms with Crippen LogP contribution in [0.3, 0.4) is 0 Å². The first-order valence-electron chi connectivity index (χ1n) is 7.08. The highest BCUT2D eigenvalue weighted by atomic mass is 16.4. The van der Waals surface area contributed by atoms with Gasteiger partial charge in [0.15, 0.2) is 5.58 Å². The zero-order valence-electron chi connectivity index (χ0n) is 12.4. The molecule has 8 heteroatoms. The standard InChI is InChI=1S/C14H16BN5O2/c1-2-18-13(21)20-14-19-11-4-8(3-10(15)12(11)22-14)9-5-16-7-17-6-9/h3-5,7H,2,6,15H2,1H3,(H,16,17)(H2,18,19,20,21). The van der Waals surface area contributed by atoms with Gasteiger partial charge in [0.05, 0.1) is 6.34 Å². The lowest BCUT2D eigenvalue weighted by molar-refractivity contribution is 0.252. The summed E-state index contributed by atoms with van der Waals surface area (Å²) in [4.78, 5) is 20.0. The number of aliphatic imine (C=N–C) groups is 1. The first-order valence-corrected chi connectivity index (χ1v) is 7.08. The smallest absolute Gasteiger partial charge is 0.322 e. The number of carbonyl (C=O) groups is 1. The molecule has 0 fully saturated rings. The Bertz CT molecular complexity index is 781. The maximum Gasteiger partial charge on any atom is 0.322 e. The minimum atomic E-state index is -0.333. The molecule has 1 aliphatic heterocycles. The molecule has 0 radical (unpaired) electrons. The maximum atomic E-state index is 11.5. The number of amides is 2. The Morgan fingerprint density at radius 2 is 2.36 bits per heavy atom. The van der Waals surface area contributed by atoms with Gasteiger partial charge in [-0.1, -0.05) is 6.07 Å². The molecule has 2 amide bonds. The van der Waals surface area contributed by atoms with E-state index in [1.165, 1.54) is 0 Å². The summed E-state index contributed by atoms with van der Waals surface area (Å²) in [6.07, 6.45) is 3.49. The van der Waals surface area contributed by atoms with E-state index in [0.29, 0.717) is 17.6 Å². The normalized spacial score (nSPS) is 13.6. The summed E-state index contributed by atoms with van der Waals surface area (Å²) < 4.78 is 5.61. The largest absolute Gasteiger partial charge is 0.424 e. The zero-order chi connectivity index (χ0) is 15.5. The van der Waals surface area contributed by atoms with E-state index < -0.39 is 0 Å². The Labute approximate surface area is 128 Å². The summed E-state index contributed by atoms with van der Waals surface area (Å²) in [7, 11) is 1.95. The van der Waals surface area contributed by atoms with E-state index >= 15 is 0 Å². The van der Waals surface area contributed by atoms with Gasteiger partial charge in [0.1, 0.15) is 13.4 Å². The van der Waals surface area contributed by atoms with Gasteiger partial charge in [-0.3, -0.25) is 5.32 Å². The summed E-state index contributed by atoms with van der Waals surface area (Å²) in [5.74, 6) is 0. The Morgan fingerprint density at radius 3 is 3.09 bits per heavy atom. The fourth-order valence-corrected chi connectivity index (χ4v) is 2.30. The van der Waals surface area contributed by atoms with Crippen molar-refractivity contribution in [2.75, 3.05) is 18.4 Å². The summed E-state index contributed by atoms with van der Waals surface area (Å²) in [6.45, 7) is 3.10. The molecule has 1 aromatic carbocycles. The molecule has 3 N–H and O–H groups in total. The van der Waals surface area contributed by atoms with Crippen LogP contribution >= 0.6 is 0 Å². The predicted octanol–water partition coefficient (Wildman–Crippen LogP) is 0.200. The van der Waals surface area contributed by atoms with Crippen LogP contribution in [0.4, 0.5) is 10.8 Å². The summed E-state index contributed by atoms with van der Waals surface area (Å²) >= 11 is 0. The molecule has 0 saturated heterocycles. The molecule has 0 aliphatic carbocycles. The number of carbonyl (C=O) groups excluding carboxylic acids is 1. The Hall–Kier alpha value is -2.77. The van der Waals surface area contributed by atoms with E-state index in [0.717, 1.165) is 23.1 Å². The lowest BCUT2D eigenvalue weighted by Crippen LogP contribution is -2.28. The van der Waals surface area contributed by atoms with E-state index in [1.54, 1.807) is 6.34 Å². The summed E-state index contributed by atoms with van der Waals surface area (Å²) in [5.41, 5.74) is 4.45. The number of nitrogens with zero attached hydrogens (tertiary/aromatic N) is 2. The fraction of sp³-hybridized carbons (Fsp3) is 0.214. The molecule has 0 spiro atoms. The highest BCUT2D eigenvalue weighted by Gasteiger charge is 2.13. The molecule has 0 atom stereocenters. The molecule has 22 heavy (non-hydrogen) atoms. The molecule has 1 aromatic heterocycles. The van der Waals surface area contributed by atoms with Crippen LogP contribution in [0.5, 0.6) is 0 Å². The second kappa shape index (κ2) is 5.93. The summed E-state index contributed by atoms with van der Waals surface area (Å²) in [5, 5.41) is 8.29. The molecule has 0 unspecified atom stereocenters. The highest BCUT2D eigenvalue weighted by molar-refractivity contribution is 6.38. The fourth-order valence-electron chi connectivity index (χ4n) is 2.30. The van der Waals surface area contributed by atoms with Gasteiger partial charge in [0.2, 0.25) is 0 Å². The van der Waals surface area contributed by atoms with Gasteiger partial charge in [-0.25, -0.2) is 9.79 Å². The topological polar surface area (TPSA) is 91.5 Å². The van der Waals surface area contributed by atoms with Crippen molar-refractivity contribution in [1.29, 1.82) is 0 Å². The average molecular weight is 297 g/mol. The number of rotatable bonds is 3. The number of aromatic nitrogens is 1. The number of hydrogen-bond acceptors (Lipinski definition) is 5. The van der Waals surface area contributed by atoms with Crippen molar-refractivity contribution in [3.8, 4) is 0 Å². The van der Waals surface area contributed by atoms with Gasteiger partial charge in [0.25, 0.3) is 0 Å². The third-order valence-electron chi connectivity index (χ3n) is 3.29. The number of anilines is 1. The lowest BCUT2D eigenvalue weighted by atomic mass is 9.91. The predicted molar refractivity (Wildman–Crippen MR) is 89.4 cm³/mol. The third-order valence-corrected chi connectivity index (χ3v) is 3.29. The van der Waals surface area contributed by atoms with Crippen molar-refractivity contribution < 1.29 is 9.21 Å². The van der Waals surface area contributed by atoms with Gasteiger partial charge in [-0.2, -0.15) is 4.98 Å². The van der Waals surface area contributed by atoms with Crippen LogP contribution in [0.25, 0.3) is 16.7 Å². The summed E-state index contributed by atoms with van der Waals surface area (Å²) in [6, 6.07) is 3.82. The van der Waals surface area contributed by atoms with Crippen LogP contribution in [-0.2, 0) is 0 Å². The monoisotopic (exact) mass is 297 g/mol. The number of benzene rings is 1. The quantitative estimate of drug-likeness (QED) is 0.706. The van der Waals surface area contributed by atoms with Crippen LogP contribution in [-0.4, -0.2) is 38.3 Å². The van der Waals surface area contributed by atoms with Crippen LogP contribution < -0.4 is 21.4 Å². The van der Waals surface area contributed by atoms with Crippen molar-refractivity contribution >= 4 is 48.4 Å². The van der Waals surface area contributed by atoms with E-state index in [9.17, 15) is 4.79 Å². The van der Waals surface area contributed by atoms with Crippen LogP contribution in [0.15, 0.2) is 27.7 Å². The second-order valence-electron chi connectivity index (χ2n) is 4.96. The molecule has 3 rings (SSSR count). The number of urea groups is 1. The molecule has 7 nitrogen and oxygen atoms in total. The molecule has 2 heterocycles. The lowest BCUT2D eigenvalue weighted by Gasteiger charge is -2.10. The van der Waals surface area contributed by atoms with Gasteiger partial charge < -0.3 is 15.1 Å². The maximum absolute atomic E-state index is 11.5. The van der Waals surface area contributed by atoms with Crippen LogP contribution in [0.1, 0.15) is 12.5 Å². The van der Waals surface area contributed by atoms with Gasteiger partial charge in [-0.05, 0) is 29.6 Å². The first kappa shape index (κ1) is 14.2. The third kappa shape index (κ3) is 2.81. The van der Waals surface area contributed by atoms with E-state index in [2.05, 4.69) is 25.9 Å². The molecular formula is C14H16BN5O2. The molecular weight excluding hydrogens is 281 g/mol. The highest BCUT2D eigenvalue weighted by Crippen LogP contribution is 2.22. The minimum absolute atomic E-state index is 0.190. The number of oxazole rings is 1. The van der Waals surface area contributed by atoms with Crippen molar-refractivity contribution in [3.63, 3.8) is 0 Å². The molecule has 112 valence electrons. The van der Waals surface area contributed by atoms with Crippen molar-refractivity contribution in [3.05, 3.63) is 23.9 Å². The van der Waals surface area contributed by atoms with E-state index in [4.69, 9.17) is 4.42 Å². The van der Waals surface area contributed by atoms with Gasteiger partial charge in [-0.15, -0.1) is 0 Å². The zero-order valence-corrected chi connectivity index (χ0v) is 12.4. The van der Waals surface area contributed by atoms with E-state index in [1.807, 2.05) is 33.1 Å². The van der Waals surface area contributed by atoms with E-state index in [-0.39, 0.29) is 12.0 Å². The molecule has 1 aliphatic rings. The average Bonchev–Trinajstić information content (AvgIpc) is 2.91. The van der Waals surface area contributed by atoms with Gasteiger partial charge >= 0.3 is 12.0 Å². The van der Waals surface area contributed by atoms with Crippen molar-refractivity contribution in [1.82, 2.24) is 15.6 Å². The van der Waals surface area contributed by atoms with Crippen molar-refractivity contribution in [2.45, 2.75) is 6.92 Å². The first-order chi connectivity index (χ1) is 10.7. The minimum Gasteiger partial charge on any atom is -0.424 e. The Balaban J connectivity index is 1.94. The van der Waals surface area contributed by atoms with Crippen LogP contribution in [0.2, 0.25) is 0 Å². The number of fused-ring (bicyclic) bond motifs is 1. The molecule has 0 saturated carbocycles. The van der Waals surface area contributed by atoms with Crippen LogP contribution in [0, 0.1) is 0 Å². The van der Waals surface area contributed by atoms with Crippen molar-refractivity contribution in [2.24, 2.45) is 4.99 Å². The number of hydrogen-bond donors (Lipinski definition) is 3. The van der Waals surface area contributed by atoms with Gasteiger partial charge in [0, 0.05) is 19.3 Å². The second-order valence-corrected chi connectivity index (χ2v) is 4.96. The Morgan fingerprint density at radius 1 is 1.50 bits per heavy atom. The SMILES string of the molecule is Bc1cc(C2=CN=CNC2)cc2nc(NC(=O)NCC)oc12.